The number of hydrogen-bond acceptors (Lipinski definition) is 13. The van der Waals surface area contributed by atoms with Crippen LogP contribution in [0.1, 0.15) is 46.1 Å². The molecule has 0 bridgehead atoms. The van der Waals surface area contributed by atoms with Crippen molar-refractivity contribution in [3.05, 3.63) is 35.9 Å². The quantitative estimate of drug-likeness (QED) is 0.181. The second-order valence-electron chi connectivity index (χ2n) is 10.8. The van der Waals surface area contributed by atoms with E-state index in [1.807, 2.05) is 6.07 Å². The summed E-state index contributed by atoms with van der Waals surface area (Å²) in [6.45, 7) is 3.79. The Kier molecular flexibility index (Phi) is 13.0. The lowest BCUT2D eigenvalue weighted by atomic mass is 9.97. The van der Waals surface area contributed by atoms with Crippen LogP contribution in [0.3, 0.4) is 0 Å². The third-order valence-corrected chi connectivity index (χ3v) is 7.22. The molecule has 0 aromatic heterocycles. The van der Waals surface area contributed by atoms with E-state index in [4.69, 9.17) is 29.4 Å². The minimum Gasteiger partial charge on any atom is -0.463 e. The smallest absolute Gasteiger partial charge is 0.303 e. The van der Waals surface area contributed by atoms with E-state index >= 15 is 0 Å². The highest BCUT2D eigenvalue weighted by Crippen LogP contribution is 2.29. The maximum absolute atomic E-state index is 13.8. The van der Waals surface area contributed by atoms with Gasteiger partial charge in [-0.05, 0) is 18.4 Å². The van der Waals surface area contributed by atoms with E-state index in [0.717, 1.165) is 33.3 Å². The summed E-state index contributed by atoms with van der Waals surface area (Å²) in [6, 6.07) is 6.96. The van der Waals surface area contributed by atoms with Gasteiger partial charge in [0.25, 0.3) is 0 Å². The Morgan fingerprint density at radius 3 is 2.09 bits per heavy atom. The van der Waals surface area contributed by atoms with Crippen LogP contribution in [0.15, 0.2) is 30.3 Å². The molecular formula is C30H40N4O12. The van der Waals surface area contributed by atoms with Gasteiger partial charge in [-0.2, -0.15) is 0 Å². The van der Waals surface area contributed by atoms with E-state index in [0.29, 0.717) is 6.42 Å². The zero-order chi connectivity index (χ0) is 34.0. The number of amides is 3. The van der Waals surface area contributed by atoms with Crippen molar-refractivity contribution in [3.8, 4) is 0 Å². The number of hydrogen-bond donors (Lipinski definition) is 3. The molecule has 0 aliphatic carbocycles. The average Bonchev–Trinajstić information content (AvgIpc) is 3.48. The number of carbonyl (C=O) groups excluding carboxylic acids is 7. The summed E-state index contributed by atoms with van der Waals surface area (Å²) >= 11 is 0. The van der Waals surface area contributed by atoms with Gasteiger partial charge in [0.05, 0.1) is 6.54 Å². The number of benzene rings is 1. The molecule has 2 saturated heterocycles. The third kappa shape index (κ3) is 9.97. The molecule has 3 amide bonds. The zero-order valence-electron chi connectivity index (χ0n) is 26.1. The number of rotatable bonds is 12. The van der Waals surface area contributed by atoms with E-state index in [9.17, 15) is 33.6 Å². The molecule has 1 aromatic carbocycles. The standard InChI is InChI=1S/C30H40N4O12/c1-16(35)42-15-23-25(43-17(2)36)26(44-18(3)37)27(45-19(4)38)29(46-23)33-28(40)22-11-8-12-34(22)30(41)21(32-24(39)14-31)13-20-9-6-5-7-10-20/h5-7,9-10,21-23,25-27,29H,8,11-15,31H2,1-4H3,(H,32,39)(H,33,40)/t21-,22-,23+,25+,26-,27+,29+/m0/s1. The first-order valence-electron chi connectivity index (χ1n) is 14.7. The van der Waals surface area contributed by atoms with Gasteiger partial charge in [-0.1, -0.05) is 30.3 Å². The minimum atomic E-state index is -1.51. The highest BCUT2D eigenvalue weighted by Gasteiger charge is 2.53. The average molecular weight is 649 g/mol. The molecule has 0 unspecified atom stereocenters. The molecule has 252 valence electrons. The van der Waals surface area contributed by atoms with E-state index < -0.39 is 90.9 Å². The van der Waals surface area contributed by atoms with Crippen molar-refractivity contribution in [3.63, 3.8) is 0 Å². The summed E-state index contributed by atoms with van der Waals surface area (Å²) in [4.78, 5) is 88.9. The van der Waals surface area contributed by atoms with Crippen LogP contribution in [0.2, 0.25) is 0 Å². The summed E-state index contributed by atoms with van der Waals surface area (Å²) in [5.41, 5.74) is 6.26. The molecule has 16 heteroatoms. The molecule has 7 atom stereocenters. The van der Waals surface area contributed by atoms with Crippen LogP contribution in [0.25, 0.3) is 0 Å². The Hall–Kier alpha value is -4.57. The van der Waals surface area contributed by atoms with Gasteiger partial charge in [-0.3, -0.25) is 33.6 Å². The number of likely N-dealkylation sites (tertiary alicyclic amines) is 1. The van der Waals surface area contributed by atoms with Crippen LogP contribution >= 0.6 is 0 Å². The Morgan fingerprint density at radius 1 is 0.891 bits per heavy atom. The minimum absolute atomic E-state index is 0.149. The fourth-order valence-corrected chi connectivity index (χ4v) is 5.39. The summed E-state index contributed by atoms with van der Waals surface area (Å²) < 4.78 is 27.2. The molecule has 0 saturated carbocycles. The fourth-order valence-electron chi connectivity index (χ4n) is 5.39. The molecular weight excluding hydrogens is 608 g/mol. The predicted molar refractivity (Wildman–Crippen MR) is 156 cm³/mol. The molecule has 4 N–H and O–H groups in total. The second kappa shape index (κ2) is 16.7. The van der Waals surface area contributed by atoms with Crippen molar-refractivity contribution in [1.82, 2.24) is 15.5 Å². The Labute approximate surface area is 265 Å². The van der Waals surface area contributed by atoms with Crippen molar-refractivity contribution in [2.75, 3.05) is 19.7 Å². The zero-order valence-corrected chi connectivity index (χ0v) is 26.1. The highest BCUT2D eigenvalue weighted by molar-refractivity contribution is 5.93. The van der Waals surface area contributed by atoms with Crippen molar-refractivity contribution in [2.45, 2.75) is 89.7 Å². The van der Waals surface area contributed by atoms with Gasteiger partial charge in [0.1, 0.15) is 24.8 Å². The summed E-state index contributed by atoms with van der Waals surface area (Å²) in [5, 5.41) is 5.26. The van der Waals surface area contributed by atoms with E-state index in [1.165, 1.54) is 4.90 Å². The van der Waals surface area contributed by atoms with Gasteiger partial charge in [0, 0.05) is 40.7 Å². The summed E-state index contributed by atoms with van der Waals surface area (Å²) in [7, 11) is 0. The largest absolute Gasteiger partial charge is 0.463 e. The molecule has 2 aliphatic heterocycles. The number of nitrogens with two attached hydrogens (primary N) is 1. The highest BCUT2D eigenvalue weighted by atomic mass is 16.7. The van der Waals surface area contributed by atoms with Crippen LogP contribution < -0.4 is 16.4 Å². The van der Waals surface area contributed by atoms with Gasteiger partial charge in [0.2, 0.25) is 17.7 Å². The van der Waals surface area contributed by atoms with Crippen LogP contribution in [0, 0.1) is 0 Å². The van der Waals surface area contributed by atoms with E-state index in [-0.39, 0.29) is 25.9 Å². The van der Waals surface area contributed by atoms with E-state index in [1.54, 1.807) is 24.3 Å². The third-order valence-electron chi connectivity index (χ3n) is 7.22. The number of esters is 4. The molecule has 46 heavy (non-hydrogen) atoms. The van der Waals surface area contributed by atoms with Crippen LogP contribution in [-0.2, 0) is 63.7 Å². The Morgan fingerprint density at radius 2 is 1.50 bits per heavy atom. The monoisotopic (exact) mass is 648 g/mol. The van der Waals surface area contributed by atoms with Gasteiger partial charge < -0.3 is 45.0 Å². The molecule has 0 radical (unpaired) electrons. The van der Waals surface area contributed by atoms with Crippen molar-refractivity contribution in [1.29, 1.82) is 0 Å². The predicted octanol–water partition coefficient (Wildman–Crippen LogP) is -1.14. The summed E-state index contributed by atoms with van der Waals surface area (Å²) in [5.74, 6) is -4.90. The molecule has 16 nitrogen and oxygen atoms in total. The van der Waals surface area contributed by atoms with Crippen LogP contribution in [-0.4, -0.2) is 109 Å². The van der Waals surface area contributed by atoms with Gasteiger partial charge in [-0.15, -0.1) is 0 Å². The van der Waals surface area contributed by atoms with Crippen molar-refractivity contribution in [2.24, 2.45) is 5.73 Å². The fraction of sp³-hybridized carbons (Fsp3) is 0.567. The first-order valence-corrected chi connectivity index (χ1v) is 14.7. The number of ether oxygens (including phenoxy) is 5. The lowest BCUT2D eigenvalue weighted by molar-refractivity contribution is -0.257. The molecule has 3 rings (SSSR count). The SMILES string of the molecule is CC(=O)OC[C@H]1O[C@@H](NC(=O)[C@@H]2CCCN2C(=O)[C@H](Cc2ccccc2)NC(=O)CN)[C@H](OC(C)=O)[C@@H](OC(C)=O)[C@@H]1OC(C)=O. The van der Waals surface area contributed by atoms with Crippen LogP contribution in [0.5, 0.6) is 0 Å². The van der Waals surface area contributed by atoms with Gasteiger partial charge in [0.15, 0.2) is 24.5 Å². The maximum Gasteiger partial charge on any atom is 0.303 e. The molecule has 2 fully saturated rings. The maximum atomic E-state index is 13.8. The van der Waals surface area contributed by atoms with Crippen molar-refractivity contribution < 1.29 is 57.2 Å². The molecule has 0 spiro atoms. The molecule has 1 aromatic rings. The van der Waals surface area contributed by atoms with Crippen LogP contribution in [0.4, 0.5) is 0 Å². The van der Waals surface area contributed by atoms with Gasteiger partial charge >= 0.3 is 23.9 Å². The lowest BCUT2D eigenvalue weighted by Crippen LogP contribution is -2.67. The number of nitrogens with one attached hydrogen (secondary N) is 2. The number of nitrogens with zero attached hydrogens (tertiary/aromatic N) is 1. The topological polar surface area (TPSA) is 219 Å². The van der Waals surface area contributed by atoms with E-state index in [2.05, 4.69) is 10.6 Å². The first-order chi connectivity index (χ1) is 21.8. The molecule has 2 aliphatic rings. The van der Waals surface area contributed by atoms with Gasteiger partial charge in [-0.25, -0.2) is 0 Å². The number of carbonyl (C=O) groups is 7. The second-order valence-corrected chi connectivity index (χ2v) is 10.8. The molecule has 2 heterocycles. The summed E-state index contributed by atoms with van der Waals surface area (Å²) in [6.07, 6.45) is -6.28. The first kappa shape index (κ1) is 35.9. The normalized spacial score (nSPS) is 24.6. The Bertz CT molecular complexity index is 1290. The lowest BCUT2D eigenvalue weighted by Gasteiger charge is -2.44. The Balaban J connectivity index is 1.90. The van der Waals surface area contributed by atoms with Crippen molar-refractivity contribution >= 4 is 41.6 Å².